The van der Waals surface area contributed by atoms with Crippen LogP contribution in [0.15, 0.2) is 24.3 Å². The van der Waals surface area contributed by atoms with Gasteiger partial charge in [-0.25, -0.2) is 0 Å². The Bertz CT molecular complexity index is 432. The highest BCUT2D eigenvalue weighted by Gasteiger charge is 2.46. The lowest BCUT2D eigenvalue weighted by molar-refractivity contribution is -0.0861. The molecule has 1 aromatic carbocycles. The lowest BCUT2D eigenvalue weighted by Crippen LogP contribution is -2.53. The minimum atomic E-state index is -0.479. The Labute approximate surface area is 113 Å². The largest absolute Gasteiger partial charge is 0.389 e. The lowest BCUT2D eigenvalue weighted by Gasteiger charge is -2.48. The molecule has 2 fully saturated rings. The highest BCUT2D eigenvalue weighted by atomic mass is 35.5. The minimum Gasteiger partial charge on any atom is -0.389 e. The predicted octanol–water partition coefficient (Wildman–Crippen LogP) is 3.30. The normalized spacial score (nSPS) is 36.1. The van der Waals surface area contributed by atoms with Crippen LogP contribution in [0.1, 0.15) is 43.7 Å². The summed E-state index contributed by atoms with van der Waals surface area (Å²) in [7, 11) is 0. The molecule has 0 unspecified atom stereocenters. The van der Waals surface area contributed by atoms with Gasteiger partial charge in [0.25, 0.3) is 0 Å². The fourth-order valence-electron chi connectivity index (χ4n) is 3.68. The summed E-state index contributed by atoms with van der Waals surface area (Å²) in [5.74, 6) is 0.305. The Morgan fingerprint density at radius 3 is 2.89 bits per heavy atom. The number of aliphatic hydroxyl groups is 1. The van der Waals surface area contributed by atoms with Crippen molar-refractivity contribution in [2.75, 3.05) is 6.54 Å². The molecule has 0 amide bonds. The van der Waals surface area contributed by atoms with Crippen LogP contribution in [0.25, 0.3) is 0 Å². The first-order valence-corrected chi connectivity index (χ1v) is 7.29. The van der Waals surface area contributed by atoms with Crippen LogP contribution in [0, 0.1) is 5.92 Å². The number of benzene rings is 1. The summed E-state index contributed by atoms with van der Waals surface area (Å²) in [6, 6.07) is 8.22. The fraction of sp³-hybridized carbons (Fsp3) is 0.600. The first kappa shape index (κ1) is 12.5. The second-order valence-corrected chi connectivity index (χ2v) is 6.07. The van der Waals surface area contributed by atoms with Gasteiger partial charge < -0.3 is 10.4 Å². The molecule has 1 aromatic rings. The summed E-state index contributed by atoms with van der Waals surface area (Å²) >= 11 is 6.31. The topological polar surface area (TPSA) is 32.3 Å². The van der Waals surface area contributed by atoms with Gasteiger partial charge in [-0.3, -0.25) is 0 Å². The van der Waals surface area contributed by atoms with Crippen LogP contribution in [-0.2, 0) is 0 Å². The number of halogens is 1. The minimum absolute atomic E-state index is 0.206. The standard InChI is InChI=1S/C15H20ClNO/c16-13-7-2-1-5-11(13)14-12-6-3-4-8-15(12,18)9-10-17-14/h1-2,5,7,12,14,17-18H,3-4,6,8-10H2/t12-,14+,15-/m0/s1. The molecular weight excluding hydrogens is 246 g/mol. The average molecular weight is 266 g/mol. The Kier molecular flexibility index (Phi) is 3.35. The van der Waals surface area contributed by atoms with E-state index < -0.39 is 5.60 Å². The molecule has 0 aromatic heterocycles. The number of nitrogens with one attached hydrogen (secondary N) is 1. The van der Waals surface area contributed by atoms with Gasteiger partial charge in [-0.05, 0) is 37.4 Å². The van der Waals surface area contributed by atoms with Crippen molar-refractivity contribution in [2.45, 2.75) is 43.7 Å². The SMILES string of the molecule is O[C@]12CCCC[C@H]1[C@@H](c1ccccc1Cl)NCC2. The number of rotatable bonds is 1. The molecule has 1 aliphatic heterocycles. The summed E-state index contributed by atoms with van der Waals surface area (Å²) in [6.45, 7) is 0.878. The second-order valence-electron chi connectivity index (χ2n) is 5.66. The van der Waals surface area contributed by atoms with Crippen LogP contribution in [0.3, 0.4) is 0 Å². The Balaban J connectivity index is 1.94. The summed E-state index contributed by atoms with van der Waals surface area (Å²) in [5.41, 5.74) is 0.664. The van der Waals surface area contributed by atoms with Crippen molar-refractivity contribution in [2.24, 2.45) is 5.92 Å². The maximum absolute atomic E-state index is 10.8. The molecule has 2 aliphatic rings. The van der Waals surface area contributed by atoms with Crippen molar-refractivity contribution in [3.8, 4) is 0 Å². The van der Waals surface area contributed by atoms with E-state index in [1.54, 1.807) is 0 Å². The fourth-order valence-corrected chi connectivity index (χ4v) is 3.93. The van der Waals surface area contributed by atoms with E-state index >= 15 is 0 Å². The zero-order chi connectivity index (χ0) is 12.6. The smallest absolute Gasteiger partial charge is 0.0706 e. The third-order valence-electron chi connectivity index (χ3n) is 4.63. The molecule has 3 heteroatoms. The van der Waals surface area contributed by atoms with E-state index in [9.17, 15) is 5.11 Å². The molecule has 3 rings (SSSR count). The van der Waals surface area contributed by atoms with Crippen molar-refractivity contribution in [3.63, 3.8) is 0 Å². The number of fused-ring (bicyclic) bond motifs is 1. The summed E-state index contributed by atoms with van der Waals surface area (Å²) < 4.78 is 0. The van der Waals surface area contributed by atoms with Crippen LogP contribution in [0.2, 0.25) is 5.02 Å². The Hall–Kier alpha value is -0.570. The number of piperidine rings is 1. The van der Waals surface area contributed by atoms with E-state index in [4.69, 9.17) is 11.6 Å². The van der Waals surface area contributed by atoms with Gasteiger partial charge in [0.15, 0.2) is 0 Å². The van der Waals surface area contributed by atoms with Gasteiger partial charge in [-0.2, -0.15) is 0 Å². The van der Waals surface area contributed by atoms with E-state index in [1.807, 2.05) is 18.2 Å². The molecule has 1 saturated carbocycles. The maximum Gasteiger partial charge on any atom is 0.0706 e. The number of hydrogen-bond donors (Lipinski definition) is 2. The van der Waals surface area contributed by atoms with E-state index in [-0.39, 0.29) is 6.04 Å². The molecule has 2 nitrogen and oxygen atoms in total. The van der Waals surface area contributed by atoms with Gasteiger partial charge in [0.1, 0.15) is 0 Å². The molecule has 2 N–H and O–H groups in total. The van der Waals surface area contributed by atoms with Gasteiger partial charge in [0, 0.05) is 17.0 Å². The highest BCUT2D eigenvalue weighted by Crippen LogP contribution is 2.46. The monoisotopic (exact) mass is 265 g/mol. The molecule has 3 atom stereocenters. The van der Waals surface area contributed by atoms with Crippen molar-refractivity contribution in [1.29, 1.82) is 0 Å². The molecule has 98 valence electrons. The Morgan fingerprint density at radius 1 is 1.22 bits per heavy atom. The molecule has 0 bridgehead atoms. The summed E-state index contributed by atoms with van der Waals surface area (Å²) in [6.07, 6.45) is 5.29. The van der Waals surface area contributed by atoms with Crippen LogP contribution in [0.5, 0.6) is 0 Å². The van der Waals surface area contributed by atoms with E-state index in [1.165, 1.54) is 6.42 Å². The zero-order valence-electron chi connectivity index (χ0n) is 10.5. The van der Waals surface area contributed by atoms with E-state index in [2.05, 4.69) is 11.4 Å². The lowest BCUT2D eigenvalue weighted by atomic mass is 9.67. The number of hydrogen-bond acceptors (Lipinski definition) is 2. The van der Waals surface area contributed by atoms with E-state index in [0.29, 0.717) is 5.92 Å². The zero-order valence-corrected chi connectivity index (χ0v) is 11.3. The van der Waals surface area contributed by atoms with Crippen molar-refractivity contribution in [1.82, 2.24) is 5.32 Å². The molecule has 18 heavy (non-hydrogen) atoms. The molecule has 0 spiro atoms. The molecule has 0 radical (unpaired) electrons. The van der Waals surface area contributed by atoms with E-state index in [0.717, 1.165) is 42.8 Å². The highest BCUT2D eigenvalue weighted by molar-refractivity contribution is 6.31. The van der Waals surface area contributed by atoms with Gasteiger partial charge >= 0.3 is 0 Å². The van der Waals surface area contributed by atoms with Crippen LogP contribution >= 0.6 is 11.6 Å². The van der Waals surface area contributed by atoms with Crippen LogP contribution < -0.4 is 5.32 Å². The van der Waals surface area contributed by atoms with Gasteiger partial charge in [-0.1, -0.05) is 42.6 Å². The molecular formula is C15H20ClNO. The molecule has 1 heterocycles. The average Bonchev–Trinajstić information content (AvgIpc) is 2.38. The van der Waals surface area contributed by atoms with Crippen molar-refractivity contribution < 1.29 is 5.11 Å². The molecule has 1 aliphatic carbocycles. The van der Waals surface area contributed by atoms with Gasteiger partial charge in [-0.15, -0.1) is 0 Å². The quantitative estimate of drug-likeness (QED) is 0.817. The van der Waals surface area contributed by atoms with Crippen LogP contribution in [0.4, 0.5) is 0 Å². The third kappa shape index (κ3) is 2.07. The Morgan fingerprint density at radius 2 is 2.06 bits per heavy atom. The van der Waals surface area contributed by atoms with Crippen LogP contribution in [-0.4, -0.2) is 17.3 Å². The first-order chi connectivity index (χ1) is 8.71. The third-order valence-corrected chi connectivity index (χ3v) is 4.97. The van der Waals surface area contributed by atoms with Gasteiger partial charge in [0.2, 0.25) is 0 Å². The first-order valence-electron chi connectivity index (χ1n) is 6.91. The van der Waals surface area contributed by atoms with Gasteiger partial charge in [0.05, 0.1) is 5.60 Å². The second kappa shape index (κ2) is 4.84. The van der Waals surface area contributed by atoms with Crippen molar-refractivity contribution >= 4 is 11.6 Å². The summed E-state index contributed by atoms with van der Waals surface area (Å²) in [5, 5.41) is 15.2. The summed E-state index contributed by atoms with van der Waals surface area (Å²) in [4.78, 5) is 0. The predicted molar refractivity (Wildman–Crippen MR) is 73.7 cm³/mol. The van der Waals surface area contributed by atoms with Crippen molar-refractivity contribution in [3.05, 3.63) is 34.9 Å². The molecule has 1 saturated heterocycles. The maximum atomic E-state index is 10.8.